The van der Waals surface area contributed by atoms with Gasteiger partial charge in [0.05, 0.1) is 0 Å². The van der Waals surface area contributed by atoms with Crippen molar-refractivity contribution >= 4 is 11.8 Å². The van der Waals surface area contributed by atoms with E-state index < -0.39 is 0 Å². The monoisotopic (exact) mass is 236 g/mol. The molecular weight excluding hydrogens is 216 g/mol. The normalized spacial score (nSPS) is 25.6. The van der Waals surface area contributed by atoms with Gasteiger partial charge in [-0.25, -0.2) is 0 Å². The fourth-order valence-corrected chi connectivity index (χ4v) is 3.91. The first-order valence-electron chi connectivity index (χ1n) is 6.22. The zero-order valence-corrected chi connectivity index (χ0v) is 10.5. The fourth-order valence-electron chi connectivity index (χ4n) is 2.50. The number of benzene rings is 1. The Bertz CT molecular complexity index is 297. The smallest absolute Gasteiger partial charge is 0.0434 e. The van der Waals surface area contributed by atoms with Crippen LogP contribution in [0.2, 0.25) is 0 Å². The van der Waals surface area contributed by atoms with E-state index in [0.29, 0.717) is 17.8 Å². The first-order chi connectivity index (χ1) is 7.90. The SMILES string of the molecule is OCC[C@H]1CCCC[C@@H]1Sc1ccccc1. The molecule has 0 unspecified atom stereocenters. The summed E-state index contributed by atoms with van der Waals surface area (Å²) in [5.74, 6) is 0.712. The molecule has 0 spiro atoms. The Kier molecular flexibility index (Phi) is 4.73. The van der Waals surface area contributed by atoms with Gasteiger partial charge in [0, 0.05) is 16.8 Å². The average molecular weight is 236 g/mol. The van der Waals surface area contributed by atoms with Gasteiger partial charge in [-0.3, -0.25) is 0 Å². The summed E-state index contributed by atoms with van der Waals surface area (Å²) in [4.78, 5) is 1.37. The van der Waals surface area contributed by atoms with Gasteiger partial charge >= 0.3 is 0 Å². The van der Waals surface area contributed by atoms with Crippen molar-refractivity contribution < 1.29 is 5.11 Å². The lowest BCUT2D eigenvalue weighted by Gasteiger charge is -2.30. The van der Waals surface area contributed by atoms with Crippen LogP contribution in [-0.4, -0.2) is 17.0 Å². The highest BCUT2D eigenvalue weighted by Gasteiger charge is 2.25. The van der Waals surface area contributed by atoms with E-state index in [9.17, 15) is 0 Å². The van der Waals surface area contributed by atoms with Gasteiger partial charge < -0.3 is 5.11 Å². The van der Waals surface area contributed by atoms with Gasteiger partial charge in [0.1, 0.15) is 0 Å². The van der Waals surface area contributed by atoms with Crippen molar-refractivity contribution in [3.63, 3.8) is 0 Å². The minimum absolute atomic E-state index is 0.344. The maximum atomic E-state index is 9.09. The van der Waals surface area contributed by atoms with Crippen LogP contribution < -0.4 is 0 Å². The number of rotatable bonds is 4. The zero-order chi connectivity index (χ0) is 11.2. The third kappa shape index (κ3) is 3.26. The van der Waals surface area contributed by atoms with Crippen molar-refractivity contribution in [2.24, 2.45) is 5.92 Å². The van der Waals surface area contributed by atoms with E-state index in [0.717, 1.165) is 6.42 Å². The van der Waals surface area contributed by atoms with Crippen molar-refractivity contribution in [2.75, 3.05) is 6.61 Å². The summed E-state index contributed by atoms with van der Waals surface area (Å²) < 4.78 is 0. The second kappa shape index (κ2) is 6.31. The fraction of sp³-hybridized carbons (Fsp3) is 0.571. The van der Waals surface area contributed by atoms with Crippen molar-refractivity contribution in [1.29, 1.82) is 0 Å². The molecule has 0 aliphatic heterocycles. The second-order valence-corrected chi connectivity index (χ2v) is 5.84. The molecule has 2 atom stereocenters. The molecule has 1 nitrogen and oxygen atoms in total. The second-order valence-electron chi connectivity index (χ2n) is 4.53. The molecular formula is C14H20OS. The van der Waals surface area contributed by atoms with E-state index in [1.165, 1.54) is 30.6 Å². The Balaban J connectivity index is 1.96. The summed E-state index contributed by atoms with van der Waals surface area (Å²) >= 11 is 2.00. The van der Waals surface area contributed by atoms with Crippen LogP contribution in [0.1, 0.15) is 32.1 Å². The molecule has 0 radical (unpaired) electrons. The molecule has 2 heteroatoms. The van der Waals surface area contributed by atoms with Gasteiger partial charge in [-0.1, -0.05) is 31.0 Å². The highest BCUT2D eigenvalue weighted by molar-refractivity contribution is 8.00. The molecule has 1 saturated carbocycles. The minimum Gasteiger partial charge on any atom is -0.396 e. The van der Waals surface area contributed by atoms with Crippen LogP contribution in [0.3, 0.4) is 0 Å². The van der Waals surface area contributed by atoms with Crippen LogP contribution in [0.15, 0.2) is 35.2 Å². The molecule has 16 heavy (non-hydrogen) atoms. The lowest BCUT2D eigenvalue weighted by atomic mass is 9.87. The quantitative estimate of drug-likeness (QED) is 0.859. The Morgan fingerprint density at radius 3 is 2.62 bits per heavy atom. The minimum atomic E-state index is 0.344. The molecule has 0 heterocycles. The Labute approximate surface area is 102 Å². The maximum Gasteiger partial charge on any atom is 0.0434 e. The van der Waals surface area contributed by atoms with Gasteiger partial charge in [-0.05, 0) is 37.3 Å². The van der Waals surface area contributed by atoms with Crippen LogP contribution in [0, 0.1) is 5.92 Å². The highest BCUT2D eigenvalue weighted by Crippen LogP contribution is 2.38. The molecule has 1 aromatic rings. The molecule has 0 bridgehead atoms. The summed E-state index contributed by atoms with van der Waals surface area (Å²) in [5.41, 5.74) is 0. The molecule has 0 amide bonds. The van der Waals surface area contributed by atoms with E-state index in [1.54, 1.807) is 0 Å². The Morgan fingerprint density at radius 1 is 1.12 bits per heavy atom. The van der Waals surface area contributed by atoms with Gasteiger partial charge in [0.2, 0.25) is 0 Å². The molecule has 1 aromatic carbocycles. The van der Waals surface area contributed by atoms with Gasteiger partial charge in [0.25, 0.3) is 0 Å². The number of aliphatic hydroxyl groups is 1. The predicted molar refractivity (Wildman–Crippen MR) is 69.7 cm³/mol. The Hall–Kier alpha value is -0.470. The molecule has 88 valence electrons. The van der Waals surface area contributed by atoms with Crippen molar-refractivity contribution in [2.45, 2.75) is 42.2 Å². The lowest BCUT2D eigenvalue weighted by Crippen LogP contribution is -2.22. The Morgan fingerprint density at radius 2 is 1.88 bits per heavy atom. The molecule has 1 fully saturated rings. The van der Waals surface area contributed by atoms with E-state index in [-0.39, 0.29) is 0 Å². The van der Waals surface area contributed by atoms with Gasteiger partial charge in [-0.15, -0.1) is 11.8 Å². The van der Waals surface area contributed by atoms with E-state index >= 15 is 0 Å². The molecule has 1 aliphatic carbocycles. The van der Waals surface area contributed by atoms with Crippen LogP contribution in [0.25, 0.3) is 0 Å². The number of aliphatic hydroxyl groups excluding tert-OH is 1. The highest BCUT2D eigenvalue weighted by atomic mass is 32.2. The lowest BCUT2D eigenvalue weighted by molar-refractivity contribution is 0.234. The van der Waals surface area contributed by atoms with Crippen molar-refractivity contribution in [1.82, 2.24) is 0 Å². The van der Waals surface area contributed by atoms with E-state index in [1.807, 2.05) is 11.8 Å². The van der Waals surface area contributed by atoms with Crippen LogP contribution in [0.5, 0.6) is 0 Å². The summed E-state index contributed by atoms with van der Waals surface area (Å²) in [7, 11) is 0. The number of thioether (sulfide) groups is 1. The van der Waals surface area contributed by atoms with Crippen LogP contribution in [0.4, 0.5) is 0 Å². The van der Waals surface area contributed by atoms with Gasteiger partial charge in [0.15, 0.2) is 0 Å². The largest absolute Gasteiger partial charge is 0.396 e. The molecule has 0 aromatic heterocycles. The van der Waals surface area contributed by atoms with E-state index in [2.05, 4.69) is 30.3 Å². The summed E-state index contributed by atoms with van der Waals surface area (Å²) in [5, 5.41) is 9.80. The third-order valence-electron chi connectivity index (χ3n) is 3.37. The number of hydrogen-bond acceptors (Lipinski definition) is 2. The predicted octanol–water partition coefficient (Wildman–Crippen LogP) is 3.72. The number of hydrogen-bond donors (Lipinski definition) is 1. The topological polar surface area (TPSA) is 20.2 Å². The summed E-state index contributed by atoms with van der Waals surface area (Å²) in [6.07, 6.45) is 6.28. The van der Waals surface area contributed by atoms with Crippen LogP contribution >= 0.6 is 11.8 Å². The van der Waals surface area contributed by atoms with Crippen LogP contribution in [-0.2, 0) is 0 Å². The summed E-state index contributed by atoms with van der Waals surface area (Å²) in [6.45, 7) is 0.344. The first-order valence-corrected chi connectivity index (χ1v) is 7.10. The van der Waals surface area contributed by atoms with Gasteiger partial charge in [-0.2, -0.15) is 0 Å². The first kappa shape index (κ1) is 12.0. The van der Waals surface area contributed by atoms with Crippen molar-refractivity contribution in [3.8, 4) is 0 Å². The molecule has 1 aliphatic rings. The average Bonchev–Trinajstić information content (AvgIpc) is 2.33. The van der Waals surface area contributed by atoms with E-state index in [4.69, 9.17) is 5.11 Å². The molecule has 0 saturated heterocycles. The van der Waals surface area contributed by atoms with Crippen molar-refractivity contribution in [3.05, 3.63) is 30.3 Å². The molecule has 2 rings (SSSR count). The zero-order valence-electron chi connectivity index (χ0n) is 9.64. The standard InChI is InChI=1S/C14H20OS/c15-11-10-12-6-4-5-9-14(12)16-13-7-2-1-3-8-13/h1-3,7-8,12,14-15H,4-6,9-11H2/t12-,14+/m1/s1. The third-order valence-corrected chi connectivity index (χ3v) is 4.84. The summed E-state index contributed by atoms with van der Waals surface area (Å²) in [6, 6.07) is 10.7. The maximum absolute atomic E-state index is 9.09. The molecule has 1 N–H and O–H groups in total.